The summed E-state index contributed by atoms with van der Waals surface area (Å²) in [6.45, 7) is 4.10. The molecule has 0 unspecified atom stereocenters. The molecule has 0 spiro atoms. The number of carbonyl (C=O) groups is 1. The topological polar surface area (TPSA) is 101 Å². The van der Waals surface area contributed by atoms with Crippen LogP contribution in [-0.4, -0.2) is 30.1 Å². The second-order valence-corrected chi connectivity index (χ2v) is 5.98. The SMILES string of the molecule is CCC(CC)O[C@@H]1C=C(C(=O)c2ccccc2)C[C@H](N=[N+]=[N-])[C@H]1N. The molecular formula is C18H24N4O2. The van der Waals surface area contributed by atoms with Crippen molar-refractivity contribution in [3.8, 4) is 0 Å². The van der Waals surface area contributed by atoms with Gasteiger partial charge in [-0.3, -0.25) is 4.79 Å². The van der Waals surface area contributed by atoms with Gasteiger partial charge < -0.3 is 10.5 Å². The third-order valence-corrected chi connectivity index (χ3v) is 4.41. The Balaban J connectivity index is 2.30. The first-order valence-electron chi connectivity index (χ1n) is 8.36. The lowest BCUT2D eigenvalue weighted by molar-refractivity contribution is -0.00983. The highest BCUT2D eigenvalue weighted by atomic mass is 16.5. The smallest absolute Gasteiger partial charge is 0.188 e. The second kappa shape index (κ2) is 8.64. The van der Waals surface area contributed by atoms with E-state index in [2.05, 4.69) is 10.0 Å². The molecule has 0 bridgehead atoms. The predicted molar refractivity (Wildman–Crippen MR) is 93.6 cm³/mol. The van der Waals surface area contributed by atoms with E-state index >= 15 is 0 Å². The molecule has 1 aliphatic carbocycles. The summed E-state index contributed by atoms with van der Waals surface area (Å²) >= 11 is 0. The van der Waals surface area contributed by atoms with Gasteiger partial charge in [0.1, 0.15) is 0 Å². The Labute approximate surface area is 142 Å². The van der Waals surface area contributed by atoms with Gasteiger partial charge in [-0.25, -0.2) is 0 Å². The van der Waals surface area contributed by atoms with Crippen LogP contribution in [0.15, 0.2) is 47.1 Å². The minimum Gasteiger partial charge on any atom is -0.369 e. The quantitative estimate of drug-likeness (QED) is 0.356. The van der Waals surface area contributed by atoms with Crippen molar-refractivity contribution in [1.29, 1.82) is 0 Å². The van der Waals surface area contributed by atoms with Crippen molar-refractivity contribution in [1.82, 2.24) is 0 Å². The zero-order valence-electron chi connectivity index (χ0n) is 14.1. The van der Waals surface area contributed by atoms with E-state index in [0.717, 1.165) is 12.8 Å². The molecule has 0 amide bonds. The maximum atomic E-state index is 12.7. The number of Topliss-reactive ketones (excluding diaryl/α,β-unsaturated/α-hetero) is 1. The fraction of sp³-hybridized carbons (Fsp3) is 0.500. The molecule has 0 radical (unpaired) electrons. The third-order valence-electron chi connectivity index (χ3n) is 4.41. The van der Waals surface area contributed by atoms with Gasteiger partial charge in [-0.05, 0) is 36.4 Å². The van der Waals surface area contributed by atoms with Crippen molar-refractivity contribution in [3.63, 3.8) is 0 Å². The maximum Gasteiger partial charge on any atom is 0.188 e. The average molecular weight is 328 g/mol. The van der Waals surface area contributed by atoms with E-state index < -0.39 is 18.2 Å². The molecule has 128 valence electrons. The largest absolute Gasteiger partial charge is 0.369 e. The zero-order valence-corrected chi connectivity index (χ0v) is 14.1. The van der Waals surface area contributed by atoms with Crippen molar-refractivity contribution in [2.24, 2.45) is 10.8 Å². The molecular weight excluding hydrogens is 304 g/mol. The van der Waals surface area contributed by atoms with Crippen molar-refractivity contribution < 1.29 is 9.53 Å². The van der Waals surface area contributed by atoms with E-state index in [-0.39, 0.29) is 11.9 Å². The molecule has 1 aromatic rings. The van der Waals surface area contributed by atoms with Crippen molar-refractivity contribution in [2.75, 3.05) is 0 Å². The van der Waals surface area contributed by atoms with Gasteiger partial charge in [0.25, 0.3) is 0 Å². The third kappa shape index (κ3) is 4.23. The van der Waals surface area contributed by atoms with Gasteiger partial charge in [-0.15, -0.1) is 0 Å². The van der Waals surface area contributed by atoms with Crippen LogP contribution in [0.1, 0.15) is 43.5 Å². The van der Waals surface area contributed by atoms with Crippen LogP contribution in [0, 0.1) is 0 Å². The minimum atomic E-state index is -0.484. The standard InChI is InChI=1S/C18H24N4O2/c1-3-14(4-2)24-16-11-13(10-15(17(16)19)21-22-20)18(23)12-8-6-5-7-9-12/h5-9,11,14-17H,3-4,10,19H2,1-2H3/t15-,16+,17+/m0/s1. The fourth-order valence-corrected chi connectivity index (χ4v) is 2.92. The summed E-state index contributed by atoms with van der Waals surface area (Å²) in [5, 5.41) is 3.78. The predicted octanol–water partition coefficient (Wildman–Crippen LogP) is 3.78. The van der Waals surface area contributed by atoms with Crippen LogP contribution in [0.3, 0.4) is 0 Å². The molecule has 0 heterocycles. The first-order valence-corrected chi connectivity index (χ1v) is 8.36. The van der Waals surface area contributed by atoms with Gasteiger partial charge >= 0.3 is 0 Å². The van der Waals surface area contributed by atoms with Crippen LogP contribution in [-0.2, 0) is 4.74 Å². The Hall–Kier alpha value is -2.14. The molecule has 0 aromatic heterocycles. The molecule has 2 rings (SSSR count). The van der Waals surface area contributed by atoms with Gasteiger partial charge in [0.15, 0.2) is 5.78 Å². The highest BCUT2D eigenvalue weighted by Crippen LogP contribution is 2.27. The summed E-state index contributed by atoms with van der Waals surface area (Å²) in [5.74, 6) is -0.0706. The van der Waals surface area contributed by atoms with E-state index in [1.807, 2.05) is 38.1 Å². The van der Waals surface area contributed by atoms with E-state index in [1.165, 1.54) is 0 Å². The summed E-state index contributed by atoms with van der Waals surface area (Å²) in [7, 11) is 0. The van der Waals surface area contributed by atoms with E-state index in [4.69, 9.17) is 16.0 Å². The first-order chi connectivity index (χ1) is 11.6. The number of hydrogen-bond acceptors (Lipinski definition) is 4. The number of nitrogens with zero attached hydrogens (tertiary/aromatic N) is 3. The van der Waals surface area contributed by atoms with Gasteiger partial charge in [0.05, 0.1) is 18.2 Å². The van der Waals surface area contributed by atoms with E-state index in [9.17, 15) is 4.79 Å². The maximum absolute atomic E-state index is 12.7. The number of rotatable bonds is 7. The van der Waals surface area contributed by atoms with Crippen molar-refractivity contribution in [3.05, 3.63) is 58.0 Å². The van der Waals surface area contributed by atoms with Gasteiger partial charge in [-0.2, -0.15) is 0 Å². The average Bonchev–Trinajstić information content (AvgIpc) is 2.62. The number of carbonyl (C=O) groups excluding carboxylic acids is 1. The highest BCUT2D eigenvalue weighted by Gasteiger charge is 2.34. The molecule has 1 aliphatic rings. The Morgan fingerprint density at radius 2 is 2.04 bits per heavy atom. The van der Waals surface area contributed by atoms with Gasteiger partial charge in [0.2, 0.25) is 0 Å². The zero-order chi connectivity index (χ0) is 17.5. The van der Waals surface area contributed by atoms with Gasteiger partial charge in [0, 0.05) is 16.5 Å². The highest BCUT2D eigenvalue weighted by molar-refractivity contribution is 6.08. The number of hydrogen-bond donors (Lipinski definition) is 1. The Kier molecular flexibility index (Phi) is 6.55. The lowest BCUT2D eigenvalue weighted by Crippen LogP contribution is -2.48. The lowest BCUT2D eigenvalue weighted by Gasteiger charge is -2.34. The van der Waals surface area contributed by atoms with Crippen LogP contribution in [0.25, 0.3) is 10.4 Å². The first kappa shape index (κ1) is 18.2. The summed E-state index contributed by atoms with van der Waals surface area (Å²) < 4.78 is 6.06. The van der Waals surface area contributed by atoms with Crippen LogP contribution >= 0.6 is 0 Å². The number of ether oxygens (including phenoxy) is 1. The molecule has 1 aromatic carbocycles. The van der Waals surface area contributed by atoms with E-state index in [1.54, 1.807) is 12.1 Å². The summed E-state index contributed by atoms with van der Waals surface area (Å²) in [5.41, 5.74) is 16.2. The Morgan fingerprint density at radius 3 is 2.62 bits per heavy atom. The number of nitrogens with two attached hydrogens (primary N) is 1. The second-order valence-electron chi connectivity index (χ2n) is 5.98. The van der Waals surface area contributed by atoms with Crippen LogP contribution in [0.5, 0.6) is 0 Å². The summed E-state index contributed by atoms with van der Waals surface area (Å²) in [6.07, 6.45) is 3.50. The molecule has 0 saturated carbocycles. The number of azide groups is 1. The van der Waals surface area contributed by atoms with E-state index in [0.29, 0.717) is 17.6 Å². The van der Waals surface area contributed by atoms with Crippen LogP contribution in [0.2, 0.25) is 0 Å². The normalized spacial score (nSPS) is 23.5. The van der Waals surface area contributed by atoms with Crippen molar-refractivity contribution in [2.45, 2.75) is 57.4 Å². The van der Waals surface area contributed by atoms with Gasteiger partial charge in [-0.1, -0.05) is 49.3 Å². The molecule has 3 atom stereocenters. The molecule has 0 fully saturated rings. The number of benzene rings is 1. The molecule has 0 aliphatic heterocycles. The Bertz CT molecular complexity index is 634. The van der Waals surface area contributed by atoms with Crippen LogP contribution in [0.4, 0.5) is 0 Å². The summed E-state index contributed by atoms with van der Waals surface area (Å²) in [6, 6.07) is 8.13. The molecule has 2 N–H and O–H groups in total. The monoisotopic (exact) mass is 328 g/mol. The van der Waals surface area contributed by atoms with Crippen molar-refractivity contribution >= 4 is 5.78 Å². The molecule has 6 heteroatoms. The summed E-state index contributed by atoms with van der Waals surface area (Å²) in [4.78, 5) is 15.6. The molecule has 0 saturated heterocycles. The number of ketones is 1. The lowest BCUT2D eigenvalue weighted by atomic mass is 9.85. The molecule has 6 nitrogen and oxygen atoms in total. The Morgan fingerprint density at radius 1 is 1.38 bits per heavy atom. The minimum absolute atomic E-state index is 0.0650. The van der Waals surface area contributed by atoms with Crippen LogP contribution < -0.4 is 5.73 Å². The molecule has 24 heavy (non-hydrogen) atoms. The fourth-order valence-electron chi connectivity index (χ4n) is 2.92.